The zero-order valence-corrected chi connectivity index (χ0v) is 16.5. The van der Waals surface area contributed by atoms with Gasteiger partial charge in [0.1, 0.15) is 5.76 Å². The van der Waals surface area contributed by atoms with E-state index in [9.17, 15) is 14.4 Å². The minimum Gasteiger partial charge on any atom is -0.465 e. The van der Waals surface area contributed by atoms with Crippen LogP contribution in [0.25, 0.3) is 5.82 Å². The fourth-order valence-corrected chi connectivity index (χ4v) is 3.09. The Morgan fingerprint density at radius 1 is 1.00 bits per heavy atom. The first-order chi connectivity index (χ1) is 13.8. The van der Waals surface area contributed by atoms with Gasteiger partial charge < -0.3 is 14.0 Å². The third-order valence-electron chi connectivity index (χ3n) is 4.46. The van der Waals surface area contributed by atoms with Crippen LogP contribution in [-0.2, 0) is 9.47 Å². The van der Waals surface area contributed by atoms with Crippen LogP contribution < -0.4 is 0 Å². The molecule has 0 aliphatic carbocycles. The fraction of sp³-hybridized carbons (Fsp3) is 0.238. The van der Waals surface area contributed by atoms with E-state index in [1.54, 1.807) is 42.7 Å². The molecule has 0 aliphatic heterocycles. The molecule has 0 radical (unpaired) electrons. The lowest BCUT2D eigenvalue weighted by Gasteiger charge is -2.08. The van der Waals surface area contributed by atoms with Gasteiger partial charge in [-0.05, 0) is 39.0 Å². The van der Waals surface area contributed by atoms with Crippen molar-refractivity contribution in [2.75, 3.05) is 13.7 Å². The maximum Gasteiger partial charge on any atom is 0.339 e. The number of Topliss-reactive ketones (excluding diaryl/α,β-unsaturated/α-hetero) is 1. The molecule has 8 nitrogen and oxygen atoms in total. The van der Waals surface area contributed by atoms with Crippen LogP contribution >= 0.6 is 0 Å². The number of hydrogen-bond donors (Lipinski definition) is 0. The van der Waals surface area contributed by atoms with Crippen molar-refractivity contribution < 1.29 is 28.4 Å². The number of aromatic nitrogens is 2. The molecule has 0 saturated heterocycles. The average molecular weight is 396 g/mol. The van der Waals surface area contributed by atoms with E-state index in [0.29, 0.717) is 22.8 Å². The molecule has 0 amide bonds. The van der Waals surface area contributed by atoms with Crippen LogP contribution in [0.3, 0.4) is 0 Å². The van der Waals surface area contributed by atoms with E-state index < -0.39 is 18.5 Å². The number of ketones is 1. The predicted molar refractivity (Wildman–Crippen MR) is 102 cm³/mol. The summed E-state index contributed by atoms with van der Waals surface area (Å²) in [7, 11) is 1.22. The Labute approximate surface area is 167 Å². The normalized spacial score (nSPS) is 10.6. The number of esters is 2. The highest BCUT2D eigenvalue weighted by Crippen LogP contribution is 2.21. The number of rotatable bonds is 6. The molecule has 0 unspecified atom stereocenters. The molecule has 0 saturated carbocycles. The van der Waals surface area contributed by atoms with E-state index in [2.05, 4.69) is 9.89 Å². The van der Waals surface area contributed by atoms with Crippen LogP contribution in [0.5, 0.6) is 0 Å². The van der Waals surface area contributed by atoms with Crippen LogP contribution in [0.15, 0.2) is 40.9 Å². The number of hydrogen-bond acceptors (Lipinski definition) is 7. The molecule has 0 N–H and O–H groups in total. The summed E-state index contributed by atoms with van der Waals surface area (Å²) < 4.78 is 16.7. The zero-order valence-electron chi connectivity index (χ0n) is 16.5. The monoisotopic (exact) mass is 396 g/mol. The lowest BCUT2D eigenvalue weighted by Crippen LogP contribution is -2.17. The summed E-state index contributed by atoms with van der Waals surface area (Å²) in [6, 6.07) is 9.57. The Hall–Kier alpha value is -3.68. The molecule has 0 fully saturated rings. The molecule has 2 aromatic heterocycles. The maximum atomic E-state index is 12.7. The maximum absolute atomic E-state index is 12.7. The lowest BCUT2D eigenvalue weighted by molar-refractivity contribution is 0.0463. The summed E-state index contributed by atoms with van der Waals surface area (Å²) in [5, 5.41) is 3.98. The number of methoxy groups -OCH3 is 1. The summed E-state index contributed by atoms with van der Waals surface area (Å²) in [6.45, 7) is 4.93. The number of carbonyl (C=O) groups is 3. The number of aryl methyl sites for hydroxylation is 2. The highest BCUT2D eigenvalue weighted by Gasteiger charge is 2.22. The Balaban J connectivity index is 1.77. The topological polar surface area (TPSA) is 101 Å². The van der Waals surface area contributed by atoms with Gasteiger partial charge in [0.2, 0.25) is 5.78 Å². The molecule has 0 bridgehead atoms. The Kier molecular flexibility index (Phi) is 5.63. The van der Waals surface area contributed by atoms with Crippen molar-refractivity contribution in [3.05, 3.63) is 70.2 Å². The Bertz CT molecular complexity index is 1090. The van der Waals surface area contributed by atoms with Crippen molar-refractivity contribution in [3.63, 3.8) is 0 Å². The first-order valence-corrected chi connectivity index (χ1v) is 8.83. The number of nitrogens with zero attached hydrogens (tertiary/aromatic N) is 2. The summed E-state index contributed by atoms with van der Waals surface area (Å²) in [5.74, 6) is -0.580. The van der Waals surface area contributed by atoms with Gasteiger partial charge in [-0.25, -0.2) is 9.59 Å². The molecule has 0 atom stereocenters. The van der Waals surface area contributed by atoms with Crippen molar-refractivity contribution in [2.45, 2.75) is 20.8 Å². The van der Waals surface area contributed by atoms with Gasteiger partial charge >= 0.3 is 11.9 Å². The zero-order chi connectivity index (χ0) is 21.1. The van der Waals surface area contributed by atoms with Crippen LogP contribution in [-0.4, -0.2) is 41.2 Å². The lowest BCUT2D eigenvalue weighted by atomic mass is 10.1. The van der Waals surface area contributed by atoms with Crippen LogP contribution in [0.2, 0.25) is 0 Å². The van der Waals surface area contributed by atoms with E-state index in [4.69, 9.17) is 9.26 Å². The summed E-state index contributed by atoms with van der Waals surface area (Å²) in [5.41, 5.74) is 1.98. The van der Waals surface area contributed by atoms with Gasteiger partial charge in [0.05, 0.1) is 18.2 Å². The van der Waals surface area contributed by atoms with Gasteiger partial charge in [-0.15, -0.1) is 0 Å². The second-order valence-corrected chi connectivity index (χ2v) is 6.45. The van der Waals surface area contributed by atoms with Gasteiger partial charge in [0, 0.05) is 23.0 Å². The minimum atomic E-state index is -0.778. The first-order valence-electron chi connectivity index (χ1n) is 8.83. The number of ether oxygens (including phenoxy) is 2. The van der Waals surface area contributed by atoms with E-state index >= 15 is 0 Å². The number of benzene rings is 1. The van der Waals surface area contributed by atoms with E-state index in [0.717, 1.165) is 5.69 Å². The summed E-state index contributed by atoms with van der Waals surface area (Å²) >= 11 is 0. The molecule has 1 aromatic carbocycles. The molecule has 8 heteroatoms. The predicted octanol–water partition coefficient (Wildman–Crippen LogP) is 3.22. The van der Waals surface area contributed by atoms with Gasteiger partial charge in [0.25, 0.3) is 0 Å². The molecule has 29 heavy (non-hydrogen) atoms. The van der Waals surface area contributed by atoms with E-state index in [-0.39, 0.29) is 16.9 Å². The Morgan fingerprint density at radius 2 is 1.66 bits per heavy atom. The second kappa shape index (κ2) is 8.14. The van der Waals surface area contributed by atoms with Gasteiger partial charge in [-0.2, -0.15) is 0 Å². The van der Waals surface area contributed by atoms with Crippen LogP contribution in [0.4, 0.5) is 0 Å². The quantitative estimate of drug-likeness (QED) is 0.466. The molecule has 0 spiro atoms. The second-order valence-electron chi connectivity index (χ2n) is 6.45. The van der Waals surface area contributed by atoms with Gasteiger partial charge in [0.15, 0.2) is 12.4 Å². The average Bonchev–Trinajstić information content (AvgIpc) is 3.27. The molecular formula is C21H20N2O6. The van der Waals surface area contributed by atoms with Crippen molar-refractivity contribution in [1.82, 2.24) is 9.72 Å². The largest absolute Gasteiger partial charge is 0.465 e. The van der Waals surface area contributed by atoms with Crippen LogP contribution in [0.1, 0.15) is 48.2 Å². The van der Waals surface area contributed by atoms with Gasteiger partial charge in [-0.1, -0.05) is 17.3 Å². The van der Waals surface area contributed by atoms with Crippen molar-refractivity contribution >= 4 is 17.7 Å². The molecular weight excluding hydrogens is 376 g/mol. The third kappa shape index (κ3) is 3.96. The number of carbonyl (C=O) groups excluding carboxylic acids is 3. The van der Waals surface area contributed by atoms with E-state index in [1.165, 1.54) is 19.2 Å². The molecule has 150 valence electrons. The highest BCUT2D eigenvalue weighted by atomic mass is 16.5. The van der Waals surface area contributed by atoms with Crippen molar-refractivity contribution in [2.24, 2.45) is 0 Å². The minimum absolute atomic E-state index is 0.0377. The summed E-state index contributed by atoms with van der Waals surface area (Å²) in [6.07, 6.45) is 0. The fourth-order valence-electron chi connectivity index (χ4n) is 3.09. The SMILES string of the molecule is COC(=O)c1ccccc1C(=O)OCC(=O)c1cc(C)n(-c2cc(C)on2)c1C. The highest BCUT2D eigenvalue weighted by molar-refractivity contribution is 6.05. The molecule has 3 rings (SSSR count). The molecule has 2 heterocycles. The van der Waals surface area contributed by atoms with Crippen molar-refractivity contribution in [1.29, 1.82) is 0 Å². The van der Waals surface area contributed by atoms with Crippen molar-refractivity contribution in [3.8, 4) is 5.82 Å². The first kappa shape index (κ1) is 20.1. The van der Waals surface area contributed by atoms with Gasteiger partial charge in [-0.3, -0.25) is 9.36 Å². The summed E-state index contributed by atoms with van der Waals surface area (Å²) in [4.78, 5) is 36.9. The van der Waals surface area contributed by atoms with Crippen LogP contribution in [0, 0.1) is 20.8 Å². The third-order valence-corrected chi connectivity index (χ3v) is 4.46. The molecule has 3 aromatic rings. The smallest absolute Gasteiger partial charge is 0.339 e. The Morgan fingerprint density at radius 3 is 2.24 bits per heavy atom. The van der Waals surface area contributed by atoms with E-state index in [1.807, 2.05) is 6.92 Å². The molecule has 0 aliphatic rings. The standard InChI is InChI=1S/C21H20N2O6/c1-12-9-17(14(3)23(12)19-10-13(2)29-22-19)18(24)11-28-21(26)16-8-6-5-7-15(16)20(25)27-4/h5-10H,11H2,1-4H3.